The molecule has 40 heavy (non-hydrogen) atoms. The summed E-state index contributed by atoms with van der Waals surface area (Å²) in [6.45, 7) is 6.46. The molecule has 5 rings (SSSR count). The van der Waals surface area contributed by atoms with Crippen molar-refractivity contribution in [1.82, 2.24) is 4.98 Å². The van der Waals surface area contributed by atoms with Gasteiger partial charge in [-0.1, -0.05) is 25.1 Å². The fraction of sp³-hybridized carbons (Fsp3) is 0.182. The van der Waals surface area contributed by atoms with Crippen LogP contribution in [0.5, 0.6) is 17.2 Å². The number of benzene rings is 3. The summed E-state index contributed by atoms with van der Waals surface area (Å²) < 4.78 is 11.7. The molecule has 7 nitrogen and oxygen atoms in total. The van der Waals surface area contributed by atoms with Gasteiger partial charge in [-0.2, -0.15) is 0 Å². The second kappa shape index (κ2) is 11.5. The van der Waals surface area contributed by atoms with Crippen LogP contribution in [0, 0.1) is 13.8 Å². The number of nitrogens with zero attached hydrogens (tertiary/aromatic N) is 2. The number of aliphatic hydroxyl groups is 1. The number of rotatable bonds is 8. The molecule has 1 N–H and O–H groups in total. The van der Waals surface area contributed by atoms with Crippen molar-refractivity contribution in [2.24, 2.45) is 0 Å². The minimum Gasteiger partial charge on any atom is -0.507 e. The fourth-order valence-electron chi connectivity index (χ4n) is 4.77. The molecule has 1 amide bonds. The molecule has 1 fully saturated rings. The molecule has 1 saturated heterocycles. The van der Waals surface area contributed by atoms with Gasteiger partial charge in [-0.25, -0.2) is 0 Å². The highest BCUT2D eigenvalue weighted by atomic mass is 16.5. The molecule has 2 heterocycles. The van der Waals surface area contributed by atoms with Gasteiger partial charge in [0.1, 0.15) is 23.0 Å². The van der Waals surface area contributed by atoms with Crippen LogP contribution in [0.3, 0.4) is 0 Å². The van der Waals surface area contributed by atoms with Crippen LogP contribution in [0.4, 0.5) is 5.69 Å². The van der Waals surface area contributed by atoms with Crippen LogP contribution in [0.25, 0.3) is 5.76 Å². The van der Waals surface area contributed by atoms with Crippen molar-refractivity contribution in [1.29, 1.82) is 0 Å². The number of amides is 1. The number of anilines is 1. The van der Waals surface area contributed by atoms with Gasteiger partial charge >= 0.3 is 0 Å². The quantitative estimate of drug-likeness (QED) is 0.150. The largest absolute Gasteiger partial charge is 0.507 e. The Kier molecular flexibility index (Phi) is 7.64. The van der Waals surface area contributed by atoms with Crippen LogP contribution in [0.1, 0.15) is 41.6 Å². The van der Waals surface area contributed by atoms with Crippen molar-refractivity contribution in [3.8, 4) is 17.2 Å². The maximum absolute atomic E-state index is 13.4. The summed E-state index contributed by atoms with van der Waals surface area (Å²) in [5.74, 6) is 0.238. The van der Waals surface area contributed by atoms with E-state index in [1.54, 1.807) is 67.0 Å². The van der Waals surface area contributed by atoms with E-state index in [1.165, 1.54) is 4.90 Å². The third-order valence-electron chi connectivity index (χ3n) is 6.69. The van der Waals surface area contributed by atoms with Gasteiger partial charge in [0.2, 0.25) is 0 Å². The van der Waals surface area contributed by atoms with Crippen LogP contribution < -0.4 is 14.4 Å². The average Bonchev–Trinajstić information content (AvgIpc) is 3.23. The SMILES string of the molecule is CCCOc1ccc(/C(O)=C2/C(=O)C(=O)N(c3ccc(Oc4cccc(C)c4)cc3)C2c2cccnc2)cc1C. The number of aryl methyl sites for hydroxylation is 2. The van der Waals surface area contributed by atoms with Crippen molar-refractivity contribution < 1.29 is 24.2 Å². The molecule has 0 saturated carbocycles. The highest BCUT2D eigenvalue weighted by molar-refractivity contribution is 6.51. The van der Waals surface area contributed by atoms with Gasteiger partial charge in [0, 0.05) is 23.6 Å². The summed E-state index contributed by atoms with van der Waals surface area (Å²) in [5.41, 5.74) is 3.41. The van der Waals surface area contributed by atoms with Crippen molar-refractivity contribution in [2.75, 3.05) is 11.5 Å². The summed E-state index contributed by atoms with van der Waals surface area (Å²) in [6, 6.07) is 22.5. The first-order valence-electron chi connectivity index (χ1n) is 13.2. The number of ether oxygens (including phenoxy) is 2. The molecular weight excluding hydrogens is 504 g/mol. The molecule has 1 atom stereocenters. The lowest BCUT2D eigenvalue weighted by molar-refractivity contribution is -0.132. The number of carbonyl (C=O) groups excluding carboxylic acids is 2. The van der Waals surface area contributed by atoms with Crippen molar-refractivity contribution in [3.63, 3.8) is 0 Å². The minimum atomic E-state index is -0.867. The Morgan fingerprint density at radius 3 is 2.42 bits per heavy atom. The van der Waals surface area contributed by atoms with E-state index in [1.807, 2.05) is 45.0 Å². The van der Waals surface area contributed by atoms with Gasteiger partial charge in [0.15, 0.2) is 0 Å². The molecule has 7 heteroatoms. The van der Waals surface area contributed by atoms with E-state index < -0.39 is 17.7 Å². The van der Waals surface area contributed by atoms with Crippen molar-refractivity contribution >= 4 is 23.1 Å². The Morgan fingerprint density at radius 1 is 0.950 bits per heavy atom. The number of carbonyl (C=O) groups is 2. The Morgan fingerprint density at radius 2 is 1.75 bits per heavy atom. The van der Waals surface area contributed by atoms with Gasteiger partial charge in [-0.15, -0.1) is 0 Å². The van der Waals surface area contributed by atoms with Crippen LogP contribution in [0.2, 0.25) is 0 Å². The second-order valence-corrected chi connectivity index (χ2v) is 9.70. The molecule has 1 aliphatic heterocycles. The third kappa shape index (κ3) is 5.31. The molecule has 1 unspecified atom stereocenters. The molecule has 0 aliphatic carbocycles. The minimum absolute atomic E-state index is 0.000265. The molecule has 0 spiro atoms. The summed E-state index contributed by atoms with van der Waals surface area (Å²) in [5, 5.41) is 11.4. The number of pyridine rings is 1. The Labute approximate surface area is 233 Å². The van der Waals surface area contributed by atoms with Crippen LogP contribution in [-0.2, 0) is 9.59 Å². The topological polar surface area (TPSA) is 89.0 Å². The molecule has 4 aromatic rings. The number of aromatic nitrogens is 1. The number of hydrogen-bond acceptors (Lipinski definition) is 6. The predicted octanol–water partition coefficient (Wildman–Crippen LogP) is 6.91. The summed E-state index contributed by atoms with van der Waals surface area (Å²) in [6.07, 6.45) is 4.08. The molecule has 0 bridgehead atoms. The molecule has 1 aliphatic rings. The highest BCUT2D eigenvalue weighted by Crippen LogP contribution is 2.42. The Balaban J connectivity index is 1.54. The normalized spacial score (nSPS) is 16.3. The maximum atomic E-state index is 13.4. The Hall–Kier alpha value is -4.91. The fourth-order valence-corrected chi connectivity index (χ4v) is 4.77. The van der Waals surface area contributed by atoms with E-state index >= 15 is 0 Å². The zero-order valence-corrected chi connectivity index (χ0v) is 22.6. The molecule has 3 aromatic carbocycles. The number of Topliss-reactive ketones (excluding diaryl/α,β-unsaturated/α-hetero) is 1. The average molecular weight is 535 g/mol. The van der Waals surface area contributed by atoms with Gasteiger partial charge in [0.25, 0.3) is 11.7 Å². The standard InChI is InChI=1S/C33H30N2O5/c1-4-17-39-28-15-10-23(19-22(28)3)31(36)29-30(24-8-6-16-34-20-24)35(33(38)32(29)37)25-11-13-26(14-12-25)40-27-9-5-7-21(2)18-27/h5-16,18-20,30,36H,4,17H2,1-3H3/b31-29-. The Bertz CT molecular complexity index is 1580. The monoisotopic (exact) mass is 534 g/mol. The van der Waals surface area contributed by atoms with Gasteiger partial charge in [-0.3, -0.25) is 19.5 Å². The van der Waals surface area contributed by atoms with Crippen molar-refractivity contribution in [2.45, 2.75) is 33.2 Å². The van der Waals surface area contributed by atoms with E-state index in [2.05, 4.69) is 4.98 Å². The van der Waals surface area contributed by atoms with Crippen LogP contribution in [0.15, 0.2) is 96.8 Å². The van der Waals surface area contributed by atoms with E-state index in [9.17, 15) is 14.7 Å². The number of hydrogen-bond donors (Lipinski definition) is 1. The number of ketones is 1. The summed E-state index contributed by atoms with van der Waals surface area (Å²) in [7, 11) is 0. The van der Waals surface area contributed by atoms with Crippen LogP contribution >= 0.6 is 0 Å². The number of aliphatic hydroxyl groups excluding tert-OH is 1. The lowest BCUT2D eigenvalue weighted by Crippen LogP contribution is -2.29. The second-order valence-electron chi connectivity index (χ2n) is 9.70. The highest BCUT2D eigenvalue weighted by Gasteiger charge is 2.47. The first-order chi connectivity index (χ1) is 19.4. The third-order valence-corrected chi connectivity index (χ3v) is 6.69. The smallest absolute Gasteiger partial charge is 0.300 e. The molecule has 1 aromatic heterocycles. The van der Waals surface area contributed by atoms with Crippen molar-refractivity contribution in [3.05, 3.63) is 119 Å². The van der Waals surface area contributed by atoms with Gasteiger partial charge < -0.3 is 14.6 Å². The van der Waals surface area contributed by atoms with Gasteiger partial charge in [-0.05, 0) is 97.6 Å². The zero-order valence-electron chi connectivity index (χ0n) is 22.6. The zero-order chi connectivity index (χ0) is 28.2. The lowest BCUT2D eigenvalue weighted by Gasteiger charge is -2.25. The van der Waals surface area contributed by atoms with E-state index in [4.69, 9.17) is 9.47 Å². The maximum Gasteiger partial charge on any atom is 0.300 e. The molecule has 202 valence electrons. The first-order valence-corrected chi connectivity index (χ1v) is 13.2. The van der Waals surface area contributed by atoms with Crippen LogP contribution in [-0.4, -0.2) is 28.4 Å². The summed E-state index contributed by atoms with van der Waals surface area (Å²) in [4.78, 5) is 32.5. The van der Waals surface area contributed by atoms with E-state index in [-0.39, 0.29) is 11.3 Å². The predicted molar refractivity (Wildman–Crippen MR) is 154 cm³/mol. The lowest BCUT2D eigenvalue weighted by atomic mass is 9.95. The molecule has 0 radical (unpaired) electrons. The van der Waals surface area contributed by atoms with E-state index in [0.717, 1.165) is 17.5 Å². The van der Waals surface area contributed by atoms with E-state index in [0.29, 0.717) is 40.7 Å². The molecular formula is C33H30N2O5. The first kappa shape index (κ1) is 26.7. The summed E-state index contributed by atoms with van der Waals surface area (Å²) >= 11 is 0. The van der Waals surface area contributed by atoms with Gasteiger partial charge in [0.05, 0.1) is 18.2 Å².